The van der Waals surface area contributed by atoms with Crippen LogP contribution in [0.2, 0.25) is 0 Å². The van der Waals surface area contributed by atoms with E-state index in [1.807, 2.05) is 19.1 Å². The molecule has 0 aromatic carbocycles. The van der Waals surface area contributed by atoms with Crippen molar-refractivity contribution in [2.75, 3.05) is 6.54 Å². The molecule has 1 aromatic heterocycles. The summed E-state index contributed by atoms with van der Waals surface area (Å²) in [5.41, 5.74) is 6.42. The minimum Gasteiger partial charge on any atom is -0.354 e. The average molecular weight is 237 g/mol. The minimum absolute atomic E-state index is 0.00662. The Bertz CT molecular complexity index is 326. The first-order valence-electron chi connectivity index (χ1n) is 5.41. The first kappa shape index (κ1) is 15.2. The molecule has 0 aliphatic heterocycles. The fourth-order valence-electron chi connectivity index (χ4n) is 1.03. The molecule has 0 aliphatic carbocycles. The standard InChI is InChI=1S/C10H15N3O.C2H4O/c1-8(11)6-13-10(14)5-9-3-2-4-12-7-9;1-2-3/h2-4,7-8H,5-6,11H2,1H3,(H,13,14);2H,1H3/t8-;/m1./s1. The summed E-state index contributed by atoms with van der Waals surface area (Å²) in [4.78, 5) is 24.1. The summed E-state index contributed by atoms with van der Waals surface area (Å²) in [6.07, 6.45) is 4.48. The monoisotopic (exact) mass is 237 g/mol. The maximum atomic E-state index is 11.3. The molecule has 3 N–H and O–H groups in total. The lowest BCUT2D eigenvalue weighted by Gasteiger charge is -2.07. The van der Waals surface area contributed by atoms with Crippen LogP contribution in [0.1, 0.15) is 19.4 Å². The van der Waals surface area contributed by atoms with Crippen molar-refractivity contribution in [3.8, 4) is 0 Å². The second-order valence-corrected chi connectivity index (χ2v) is 3.56. The third-order valence-electron chi connectivity index (χ3n) is 1.71. The number of carbonyl (C=O) groups excluding carboxylic acids is 2. The lowest BCUT2D eigenvalue weighted by molar-refractivity contribution is -0.120. The summed E-state index contributed by atoms with van der Waals surface area (Å²) in [6, 6.07) is 3.68. The maximum absolute atomic E-state index is 11.3. The zero-order chi connectivity index (χ0) is 13.1. The van der Waals surface area contributed by atoms with E-state index in [4.69, 9.17) is 10.5 Å². The Hall–Kier alpha value is -1.75. The number of hydrogen-bond donors (Lipinski definition) is 2. The molecule has 0 saturated carbocycles. The molecule has 1 amide bonds. The van der Waals surface area contributed by atoms with E-state index in [9.17, 15) is 4.79 Å². The van der Waals surface area contributed by atoms with Gasteiger partial charge in [0.15, 0.2) is 0 Å². The van der Waals surface area contributed by atoms with Gasteiger partial charge in [-0.25, -0.2) is 0 Å². The molecule has 94 valence electrons. The van der Waals surface area contributed by atoms with Gasteiger partial charge in [-0.3, -0.25) is 9.78 Å². The van der Waals surface area contributed by atoms with E-state index in [1.54, 1.807) is 12.4 Å². The first-order chi connectivity index (χ1) is 8.10. The van der Waals surface area contributed by atoms with Crippen LogP contribution in [0.5, 0.6) is 0 Å². The molecule has 0 saturated heterocycles. The van der Waals surface area contributed by atoms with Crippen molar-refractivity contribution in [2.45, 2.75) is 26.3 Å². The van der Waals surface area contributed by atoms with E-state index in [-0.39, 0.29) is 11.9 Å². The fourth-order valence-corrected chi connectivity index (χ4v) is 1.03. The van der Waals surface area contributed by atoms with Gasteiger partial charge < -0.3 is 15.8 Å². The van der Waals surface area contributed by atoms with Gasteiger partial charge in [0.25, 0.3) is 0 Å². The number of nitrogens with two attached hydrogens (primary N) is 1. The van der Waals surface area contributed by atoms with Gasteiger partial charge in [-0.2, -0.15) is 0 Å². The van der Waals surface area contributed by atoms with Crippen molar-refractivity contribution >= 4 is 12.2 Å². The van der Waals surface area contributed by atoms with Crippen LogP contribution in [0.4, 0.5) is 0 Å². The first-order valence-corrected chi connectivity index (χ1v) is 5.41. The fraction of sp³-hybridized carbons (Fsp3) is 0.417. The summed E-state index contributed by atoms with van der Waals surface area (Å²) in [5, 5.41) is 2.74. The number of amides is 1. The van der Waals surface area contributed by atoms with E-state index < -0.39 is 0 Å². The summed E-state index contributed by atoms with van der Waals surface area (Å²) in [6.45, 7) is 3.81. The second-order valence-electron chi connectivity index (χ2n) is 3.56. The molecule has 1 heterocycles. The largest absolute Gasteiger partial charge is 0.354 e. The quantitative estimate of drug-likeness (QED) is 0.737. The summed E-state index contributed by atoms with van der Waals surface area (Å²) >= 11 is 0. The van der Waals surface area contributed by atoms with Gasteiger partial charge in [0.05, 0.1) is 6.42 Å². The Balaban J connectivity index is 0.000000770. The number of pyridine rings is 1. The highest BCUT2D eigenvalue weighted by Crippen LogP contribution is 1.96. The van der Waals surface area contributed by atoms with Crippen molar-refractivity contribution in [1.82, 2.24) is 10.3 Å². The lowest BCUT2D eigenvalue weighted by atomic mass is 10.2. The molecular formula is C12H19N3O2. The zero-order valence-corrected chi connectivity index (χ0v) is 10.2. The number of rotatable bonds is 4. The Morgan fingerprint density at radius 3 is 2.76 bits per heavy atom. The lowest BCUT2D eigenvalue weighted by Crippen LogP contribution is -2.35. The summed E-state index contributed by atoms with van der Waals surface area (Å²) in [5.74, 6) is -0.0182. The van der Waals surface area contributed by atoms with Crippen LogP contribution >= 0.6 is 0 Å². The van der Waals surface area contributed by atoms with Crippen LogP contribution < -0.4 is 11.1 Å². The number of nitrogens with one attached hydrogen (secondary N) is 1. The molecule has 0 fully saturated rings. The predicted molar refractivity (Wildman–Crippen MR) is 66.3 cm³/mol. The van der Waals surface area contributed by atoms with Crippen LogP contribution in [0.25, 0.3) is 0 Å². The topological polar surface area (TPSA) is 85.1 Å². The molecule has 5 nitrogen and oxygen atoms in total. The van der Waals surface area contributed by atoms with E-state index in [0.29, 0.717) is 13.0 Å². The van der Waals surface area contributed by atoms with Crippen molar-refractivity contribution in [1.29, 1.82) is 0 Å². The molecule has 0 unspecified atom stereocenters. The maximum Gasteiger partial charge on any atom is 0.224 e. The van der Waals surface area contributed by atoms with Crippen LogP contribution in [-0.2, 0) is 16.0 Å². The molecule has 5 heteroatoms. The normalized spacial score (nSPS) is 10.8. The van der Waals surface area contributed by atoms with Gasteiger partial charge in [-0.15, -0.1) is 0 Å². The number of aromatic nitrogens is 1. The highest BCUT2D eigenvalue weighted by Gasteiger charge is 2.03. The second kappa shape index (κ2) is 9.47. The Morgan fingerprint density at radius 1 is 1.65 bits per heavy atom. The van der Waals surface area contributed by atoms with E-state index in [0.717, 1.165) is 11.8 Å². The summed E-state index contributed by atoms with van der Waals surface area (Å²) < 4.78 is 0. The van der Waals surface area contributed by atoms with Gasteiger partial charge in [0.2, 0.25) is 5.91 Å². The van der Waals surface area contributed by atoms with Crippen molar-refractivity contribution in [2.24, 2.45) is 5.73 Å². The van der Waals surface area contributed by atoms with Crippen molar-refractivity contribution in [3.05, 3.63) is 30.1 Å². The molecule has 1 aromatic rings. The highest BCUT2D eigenvalue weighted by molar-refractivity contribution is 5.78. The Labute approximate surface area is 101 Å². The van der Waals surface area contributed by atoms with Crippen molar-refractivity contribution in [3.63, 3.8) is 0 Å². The smallest absolute Gasteiger partial charge is 0.224 e. The number of hydrogen-bond acceptors (Lipinski definition) is 4. The molecule has 1 rings (SSSR count). The van der Waals surface area contributed by atoms with Gasteiger partial charge in [-0.05, 0) is 25.5 Å². The van der Waals surface area contributed by atoms with E-state index >= 15 is 0 Å². The van der Waals surface area contributed by atoms with Gasteiger partial charge in [-0.1, -0.05) is 6.07 Å². The van der Waals surface area contributed by atoms with Crippen molar-refractivity contribution < 1.29 is 9.59 Å². The SMILES string of the molecule is CC=O.C[C@@H](N)CNC(=O)Cc1cccnc1. The van der Waals surface area contributed by atoms with Crippen LogP contribution in [-0.4, -0.2) is 29.8 Å². The number of nitrogens with zero attached hydrogens (tertiary/aromatic N) is 1. The highest BCUT2D eigenvalue weighted by atomic mass is 16.1. The summed E-state index contributed by atoms with van der Waals surface area (Å²) in [7, 11) is 0. The zero-order valence-electron chi connectivity index (χ0n) is 10.2. The molecule has 0 aliphatic rings. The predicted octanol–water partition coefficient (Wildman–Crippen LogP) is 0.293. The molecule has 1 atom stereocenters. The van der Waals surface area contributed by atoms with Gasteiger partial charge in [0.1, 0.15) is 6.29 Å². The molecule has 0 bridgehead atoms. The third kappa shape index (κ3) is 9.19. The number of aldehydes is 1. The van der Waals surface area contributed by atoms with Crippen LogP contribution in [0.15, 0.2) is 24.5 Å². The third-order valence-corrected chi connectivity index (χ3v) is 1.71. The van der Waals surface area contributed by atoms with Crippen LogP contribution in [0.3, 0.4) is 0 Å². The van der Waals surface area contributed by atoms with Gasteiger partial charge in [0, 0.05) is 25.0 Å². The van der Waals surface area contributed by atoms with Crippen LogP contribution in [0, 0.1) is 0 Å². The van der Waals surface area contributed by atoms with E-state index in [2.05, 4.69) is 10.3 Å². The average Bonchev–Trinajstić information content (AvgIpc) is 2.29. The Morgan fingerprint density at radius 2 is 2.29 bits per heavy atom. The van der Waals surface area contributed by atoms with E-state index in [1.165, 1.54) is 6.92 Å². The molecule has 0 spiro atoms. The Kier molecular flexibility index (Phi) is 8.50. The minimum atomic E-state index is -0.0182. The molecule has 0 radical (unpaired) electrons. The molecule has 17 heavy (non-hydrogen) atoms. The molecular weight excluding hydrogens is 218 g/mol. The van der Waals surface area contributed by atoms with Gasteiger partial charge >= 0.3 is 0 Å². The number of carbonyl (C=O) groups is 2.